The third kappa shape index (κ3) is 3.71. The van der Waals surface area contributed by atoms with E-state index in [1.807, 2.05) is 24.4 Å². The minimum Gasteiger partial charge on any atom is -0.351 e. The Bertz CT molecular complexity index is 1100. The van der Waals surface area contributed by atoms with Gasteiger partial charge in [0.1, 0.15) is 5.82 Å². The smallest absolute Gasteiger partial charge is 0.174 e. The maximum atomic E-state index is 13.7. The number of hydrogen-bond donors (Lipinski definition) is 1. The van der Waals surface area contributed by atoms with Crippen LogP contribution in [-0.4, -0.2) is 14.7 Å². The molecule has 2 aliphatic rings. The lowest BCUT2D eigenvalue weighted by molar-refractivity contribution is 0.345. The van der Waals surface area contributed by atoms with Crippen molar-refractivity contribution >= 4 is 23.0 Å². The van der Waals surface area contributed by atoms with Gasteiger partial charge < -0.3 is 14.8 Å². The van der Waals surface area contributed by atoms with Gasteiger partial charge in [0.05, 0.1) is 17.8 Å². The lowest BCUT2D eigenvalue weighted by Crippen LogP contribution is -2.29. The normalized spacial score (nSPS) is 21.7. The first kappa shape index (κ1) is 21.1. The molecule has 0 radical (unpaired) electrons. The Morgan fingerprint density at radius 2 is 1.78 bits per heavy atom. The average Bonchev–Trinajstić information content (AvgIpc) is 3.31. The quantitative estimate of drug-likeness (QED) is 0.474. The van der Waals surface area contributed by atoms with Gasteiger partial charge in [0.2, 0.25) is 0 Å². The van der Waals surface area contributed by atoms with Gasteiger partial charge in [-0.25, -0.2) is 4.39 Å². The summed E-state index contributed by atoms with van der Waals surface area (Å²) >= 11 is 5.80. The van der Waals surface area contributed by atoms with E-state index in [0.29, 0.717) is 11.2 Å². The van der Waals surface area contributed by atoms with E-state index in [1.54, 1.807) is 12.1 Å². The SMILES string of the molecule is Cc1cc([C@@H]2[C@H](c3ccccn3)NC(=S)N2c2ccc(F)cc2)c(C)n1C1CCCCC1. The summed E-state index contributed by atoms with van der Waals surface area (Å²) in [7, 11) is 0. The van der Waals surface area contributed by atoms with Crippen LogP contribution in [0.1, 0.15) is 72.9 Å². The monoisotopic (exact) mass is 448 g/mol. The maximum absolute atomic E-state index is 13.7. The Kier molecular flexibility index (Phi) is 5.72. The van der Waals surface area contributed by atoms with E-state index < -0.39 is 0 Å². The van der Waals surface area contributed by atoms with Crippen molar-refractivity contribution in [3.05, 3.63) is 83.2 Å². The summed E-state index contributed by atoms with van der Waals surface area (Å²) in [6.45, 7) is 4.44. The number of pyridine rings is 1. The topological polar surface area (TPSA) is 33.1 Å². The van der Waals surface area contributed by atoms with Crippen molar-refractivity contribution in [3.63, 3.8) is 0 Å². The van der Waals surface area contributed by atoms with Gasteiger partial charge in [-0.3, -0.25) is 4.98 Å². The molecule has 3 heterocycles. The molecule has 32 heavy (non-hydrogen) atoms. The molecule has 4 nitrogen and oxygen atoms in total. The van der Waals surface area contributed by atoms with E-state index in [0.717, 1.165) is 11.4 Å². The Hall–Kier alpha value is -2.73. The van der Waals surface area contributed by atoms with Crippen LogP contribution in [-0.2, 0) is 0 Å². The largest absolute Gasteiger partial charge is 0.351 e. The molecule has 1 aliphatic heterocycles. The van der Waals surface area contributed by atoms with Gasteiger partial charge in [-0.15, -0.1) is 0 Å². The minimum atomic E-state index is -0.250. The van der Waals surface area contributed by atoms with E-state index >= 15 is 0 Å². The van der Waals surface area contributed by atoms with Crippen LogP contribution in [0.4, 0.5) is 10.1 Å². The molecular formula is C26H29FN4S. The molecule has 1 saturated carbocycles. The fraction of sp³-hybridized carbons (Fsp3) is 0.385. The predicted molar refractivity (Wildman–Crippen MR) is 130 cm³/mol. The van der Waals surface area contributed by atoms with Crippen LogP contribution in [0, 0.1) is 19.7 Å². The minimum absolute atomic E-state index is 0.0635. The van der Waals surface area contributed by atoms with E-state index in [1.165, 1.54) is 61.2 Å². The van der Waals surface area contributed by atoms with Crippen LogP contribution in [0.2, 0.25) is 0 Å². The van der Waals surface area contributed by atoms with E-state index in [-0.39, 0.29) is 17.9 Å². The molecule has 0 bridgehead atoms. The summed E-state index contributed by atoms with van der Waals surface area (Å²) in [6, 6.07) is 15.3. The molecule has 0 unspecified atom stereocenters. The number of benzene rings is 1. The van der Waals surface area contributed by atoms with Crippen molar-refractivity contribution in [3.8, 4) is 0 Å². The maximum Gasteiger partial charge on any atom is 0.174 e. The van der Waals surface area contributed by atoms with Crippen LogP contribution in [0.15, 0.2) is 54.7 Å². The number of halogens is 1. The summed E-state index contributed by atoms with van der Waals surface area (Å²) < 4.78 is 16.2. The first-order valence-corrected chi connectivity index (χ1v) is 11.9. The van der Waals surface area contributed by atoms with Crippen molar-refractivity contribution in [1.29, 1.82) is 0 Å². The molecule has 1 aromatic carbocycles. The molecule has 5 rings (SSSR count). The van der Waals surface area contributed by atoms with Gasteiger partial charge in [-0.2, -0.15) is 0 Å². The van der Waals surface area contributed by atoms with Crippen LogP contribution >= 0.6 is 12.2 Å². The average molecular weight is 449 g/mol. The van der Waals surface area contributed by atoms with Crippen molar-refractivity contribution in [2.75, 3.05) is 4.90 Å². The standard InChI is InChI=1S/C26H29FN4S/c1-17-16-22(18(2)30(17)20-8-4-3-5-9-20)25-24(23-10-6-7-15-28-23)29-26(32)31(25)21-13-11-19(27)12-14-21/h6-7,10-16,20,24-25H,3-5,8-9H2,1-2H3,(H,29,32)/t24-,25+/m0/s1. The van der Waals surface area contributed by atoms with Gasteiger partial charge in [-0.05, 0) is 86.9 Å². The highest BCUT2D eigenvalue weighted by atomic mass is 32.1. The van der Waals surface area contributed by atoms with Gasteiger partial charge >= 0.3 is 0 Å². The summed E-state index contributed by atoms with van der Waals surface area (Å²) in [4.78, 5) is 6.77. The molecule has 166 valence electrons. The van der Waals surface area contributed by atoms with Crippen molar-refractivity contribution in [2.45, 2.75) is 64.1 Å². The highest BCUT2D eigenvalue weighted by Crippen LogP contribution is 2.44. The van der Waals surface area contributed by atoms with Crippen LogP contribution in [0.25, 0.3) is 0 Å². The predicted octanol–water partition coefficient (Wildman–Crippen LogP) is 6.32. The summed E-state index contributed by atoms with van der Waals surface area (Å²) in [5, 5.41) is 4.15. The molecule has 6 heteroatoms. The lowest BCUT2D eigenvalue weighted by Gasteiger charge is -2.30. The van der Waals surface area contributed by atoms with Crippen molar-refractivity contribution in [2.24, 2.45) is 0 Å². The first-order chi connectivity index (χ1) is 15.5. The van der Waals surface area contributed by atoms with Gasteiger partial charge in [-0.1, -0.05) is 25.3 Å². The fourth-order valence-corrected chi connectivity index (χ4v) is 5.90. The second kappa shape index (κ2) is 8.66. The zero-order valence-electron chi connectivity index (χ0n) is 18.6. The fourth-order valence-electron chi connectivity index (χ4n) is 5.55. The number of nitrogens with zero attached hydrogens (tertiary/aromatic N) is 3. The van der Waals surface area contributed by atoms with Crippen molar-refractivity contribution in [1.82, 2.24) is 14.9 Å². The lowest BCUT2D eigenvalue weighted by atomic mass is 9.94. The van der Waals surface area contributed by atoms with E-state index in [4.69, 9.17) is 12.2 Å². The molecule has 3 aromatic rings. The zero-order valence-corrected chi connectivity index (χ0v) is 19.4. The molecule has 2 atom stereocenters. The first-order valence-electron chi connectivity index (χ1n) is 11.5. The zero-order chi connectivity index (χ0) is 22.2. The Balaban J connectivity index is 1.62. The van der Waals surface area contributed by atoms with Gasteiger partial charge in [0.25, 0.3) is 0 Å². The third-order valence-electron chi connectivity index (χ3n) is 6.98. The summed E-state index contributed by atoms with van der Waals surface area (Å²) in [5.74, 6) is -0.250. The molecule has 1 saturated heterocycles. The van der Waals surface area contributed by atoms with Crippen molar-refractivity contribution < 1.29 is 4.39 Å². The van der Waals surface area contributed by atoms with Crippen LogP contribution in [0.3, 0.4) is 0 Å². The summed E-state index contributed by atoms with van der Waals surface area (Å²) in [6.07, 6.45) is 8.23. The highest BCUT2D eigenvalue weighted by molar-refractivity contribution is 7.80. The Labute approximate surface area is 194 Å². The molecule has 1 N–H and O–H groups in total. The van der Waals surface area contributed by atoms with E-state index in [2.05, 4.69) is 39.7 Å². The van der Waals surface area contributed by atoms with Gasteiger partial charge in [0.15, 0.2) is 5.11 Å². The van der Waals surface area contributed by atoms with E-state index in [9.17, 15) is 4.39 Å². The molecule has 2 fully saturated rings. The highest BCUT2D eigenvalue weighted by Gasteiger charge is 2.42. The van der Waals surface area contributed by atoms with Gasteiger partial charge in [0, 0.05) is 29.3 Å². The summed E-state index contributed by atoms with van der Waals surface area (Å²) in [5.41, 5.74) is 5.67. The molecule has 1 aliphatic carbocycles. The Morgan fingerprint density at radius 3 is 2.47 bits per heavy atom. The van der Waals surface area contributed by atoms with Crippen LogP contribution < -0.4 is 10.2 Å². The Morgan fingerprint density at radius 1 is 1.03 bits per heavy atom. The number of aryl methyl sites for hydroxylation is 1. The molecular weight excluding hydrogens is 419 g/mol. The second-order valence-electron chi connectivity index (χ2n) is 8.96. The number of anilines is 1. The number of nitrogens with one attached hydrogen (secondary N) is 1. The molecule has 2 aromatic heterocycles. The third-order valence-corrected chi connectivity index (χ3v) is 7.30. The second-order valence-corrected chi connectivity index (χ2v) is 9.35. The molecule has 0 amide bonds. The molecule has 0 spiro atoms. The van der Waals surface area contributed by atoms with Crippen LogP contribution in [0.5, 0.6) is 0 Å². The number of rotatable bonds is 4. The number of aromatic nitrogens is 2. The number of thiocarbonyl (C=S) groups is 1. The number of hydrogen-bond acceptors (Lipinski definition) is 2.